The minimum atomic E-state index is 0.507. The van der Waals surface area contributed by atoms with Gasteiger partial charge in [-0.05, 0) is 30.0 Å². The van der Waals surface area contributed by atoms with Crippen molar-refractivity contribution in [2.45, 2.75) is 10.1 Å². The molecule has 1 aromatic carbocycles. The average Bonchev–Trinajstić information content (AvgIpc) is 2.42. The van der Waals surface area contributed by atoms with Crippen LogP contribution in [0.5, 0.6) is 0 Å². The Labute approximate surface area is 131 Å². The van der Waals surface area contributed by atoms with E-state index >= 15 is 0 Å². The van der Waals surface area contributed by atoms with Crippen molar-refractivity contribution in [3.63, 3.8) is 0 Å². The van der Waals surface area contributed by atoms with Crippen molar-refractivity contribution in [2.24, 2.45) is 0 Å². The standard InChI is InChI=1S/C12H13Cl2N5S/c1-15-10-16-11(19(2)3)18-12(17-10)20-7-4-5-8(13)9(14)6-7/h4-6H,1-3H3,(H,15,16,17,18). The number of hydrogen-bond donors (Lipinski definition) is 1. The van der Waals surface area contributed by atoms with Crippen LogP contribution in [0.2, 0.25) is 10.0 Å². The van der Waals surface area contributed by atoms with E-state index in [9.17, 15) is 0 Å². The molecule has 0 aliphatic rings. The van der Waals surface area contributed by atoms with E-state index < -0.39 is 0 Å². The van der Waals surface area contributed by atoms with E-state index in [-0.39, 0.29) is 0 Å². The van der Waals surface area contributed by atoms with Crippen LogP contribution in [0.3, 0.4) is 0 Å². The largest absolute Gasteiger partial charge is 0.357 e. The Morgan fingerprint density at radius 3 is 2.45 bits per heavy atom. The molecule has 0 atom stereocenters. The summed E-state index contributed by atoms with van der Waals surface area (Å²) in [4.78, 5) is 15.7. The normalized spacial score (nSPS) is 10.4. The van der Waals surface area contributed by atoms with Crippen molar-refractivity contribution in [1.82, 2.24) is 15.0 Å². The highest BCUT2D eigenvalue weighted by atomic mass is 35.5. The number of benzene rings is 1. The van der Waals surface area contributed by atoms with Crippen molar-refractivity contribution >= 4 is 46.9 Å². The highest BCUT2D eigenvalue weighted by Crippen LogP contribution is 2.31. The monoisotopic (exact) mass is 329 g/mol. The van der Waals surface area contributed by atoms with Gasteiger partial charge < -0.3 is 10.2 Å². The molecule has 0 saturated carbocycles. The molecule has 0 aliphatic carbocycles. The van der Waals surface area contributed by atoms with E-state index in [0.717, 1.165) is 4.90 Å². The Morgan fingerprint density at radius 2 is 1.85 bits per heavy atom. The molecule has 1 aromatic heterocycles. The quantitative estimate of drug-likeness (QED) is 0.927. The second-order valence-electron chi connectivity index (χ2n) is 4.06. The molecule has 0 saturated heterocycles. The molecule has 20 heavy (non-hydrogen) atoms. The van der Waals surface area contributed by atoms with E-state index in [2.05, 4.69) is 20.3 Å². The van der Waals surface area contributed by atoms with Crippen LogP contribution < -0.4 is 10.2 Å². The summed E-state index contributed by atoms with van der Waals surface area (Å²) < 4.78 is 0. The summed E-state index contributed by atoms with van der Waals surface area (Å²) in [6.45, 7) is 0. The number of halogens is 2. The first-order chi connectivity index (χ1) is 9.49. The first kappa shape index (κ1) is 15.2. The van der Waals surface area contributed by atoms with Gasteiger partial charge in [0.2, 0.25) is 11.9 Å². The molecule has 0 fully saturated rings. The summed E-state index contributed by atoms with van der Waals surface area (Å²) in [5, 5.41) is 4.54. The van der Waals surface area contributed by atoms with Gasteiger partial charge in [-0.2, -0.15) is 15.0 Å². The predicted octanol–water partition coefficient (Wildman–Crippen LogP) is 3.44. The molecule has 5 nitrogen and oxygen atoms in total. The number of nitrogens with one attached hydrogen (secondary N) is 1. The molecule has 0 aliphatic heterocycles. The van der Waals surface area contributed by atoms with Crippen LogP contribution >= 0.6 is 35.0 Å². The molecular weight excluding hydrogens is 317 g/mol. The molecule has 0 amide bonds. The SMILES string of the molecule is CNc1nc(Sc2ccc(Cl)c(Cl)c2)nc(N(C)C)n1. The molecule has 0 bridgehead atoms. The molecule has 2 rings (SSSR count). The lowest BCUT2D eigenvalue weighted by Crippen LogP contribution is -2.15. The van der Waals surface area contributed by atoms with E-state index in [1.807, 2.05) is 25.1 Å². The van der Waals surface area contributed by atoms with Crippen LogP contribution in [0.25, 0.3) is 0 Å². The van der Waals surface area contributed by atoms with Gasteiger partial charge in [0.1, 0.15) is 0 Å². The van der Waals surface area contributed by atoms with Gasteiger partial charge in [0.05, 0.1) is 10.0 Å². The van der Waals surface area contributed by atoms with Crippen LogP contribution in [0.1, 0.15) is 0 Å². The zero-order valence-corrected chi connectivity index (χ0v) is 13.5. The zero-order chi connectivity index (χ0) is 14.7. The maximum absolute atomic E-state index is 6.00. The minimum Gasteiger partial charge on any atom is -0.357 e. The van der Waals surface area contributed by atoms with Crippen molar-refractivity contribution in [1.29, 1.82) is 0 Å². The van der Waals surface area contributed by atoms with Gasteiger partial charge in [0.15, 0.2) is 5.16 Å². The molecule has 1 heterocycles. The Balaban J connectivity index is 2.32. The average molecular weight is 330 g/mol. The smallest absolute Gasteiger partial charge is 0.230 e. The Morgan fingerprint density at radius 1 is 1.10 bits per heavy atom. The van der Waals surface area contributed by atoms with E-state index in [1.54, 1.807) is 19.2 Å². The fourth-order valence-electron chi connectivity index (χ4n) is 1.35. The molecule has 0 radical (unpaired) electrons. The summed E-state index contributed by atoms with van der Waals surface area (Å²) in [6.07, 6.45) is 0. The van der Waals surface area contributed by atoms with Gasteiger partial charge in [-0.1, -0.05) is 23.2 Å². The Kier molecular flexibility index (Phi) is 4.91. The molecule has 106 valence electrons. The molecule has 1 N–H and O–H groups in total. The number of nitrogens with zero attached hydrogens (tertiary/aromatic N) is 4. The van der Waals surface area contributed by atoms with Gasteiger partial charge in [-0.3, -0.25) is 0 Å². The van der Waals surface area contributed by atoms with Gasteiger partial charge >= 0.3 is 0 Å². The van der Waals surface area contributed by atoms with Gasteiger partial charge in [0, 0.05) is 26.0 Å². The highest BCUT2D eigenvalue weighted by molar-refractivity contribution is 7.99. The van der Waals surface area contributed by atoms with Gasteiger partial charge in [0.25, 0.3) is 0 Å². The van der Waals surface area contributed by atoms with Crippen molar-refractivity contribution < 1.29 is 0 Å². The topological polar surface area (TPSA) is 53.9 Å². The van der Waals surface area contributed by atoms with Gasteiger partial charge in [-0.25, -0.2) is 0 Å². The van der Waals surface area contributed by atoms with Crippen molar-refractivity contribution in [2.75, 3.05) is 31.4 Å². The fourth-order valence-corrected chi connectivity index (χ4v) is 2.49. The van der Waals surface area contributed by atoms with Gasteiger partial charge in [-0.15, -0.1) is 0 Å². The van der Waals surface area contributed by atoms with E-state index in [1.165, 1.54) is 11.8 Å². The highest BCUT2D eigenvalue weighted by Gasteiger charge is 2.09. The zero-order valence-electron chi connectivity index (χ0n) is 11.2. The summed E-state index contributed by atoms with van der Waals surface area (Å²) in [5.74, 6) is 1.11. The number of rotatable bonds is 4. The van der Waals surface area contributed by atoms with E-state index in [4.69, 9.17) is 23.2 Å². The Hall–Kier alpha value is -1.24. The van der Waals surface area contributed by atoms with Crippen molar-refractivity contribution in [3.05, 3.63) is 28.2 Å². The first-order valence-electron chi connectivity index (χ1n) is 5.73. The Bertz CT molecular complexity index is 621. The molecular formula is C12H13Cl2N5S. The number of anilines is 2. The lowest BCUT2D eigenvalue weighted by Gasteiger charge is -2.12. The van der Waals surface area contributed by atoms with Crippen LogP contribution in [0, 0.1) is 0 Å². The summed E-state index contributed by atoms with van der Waals surface area (Å²) in [7, 11) is 5.52. The molecule has 0 spiro atoms. The minimum absolute atomic E-state index is 0.507. The molecule has 0 unspecified atom stereocenters. The third-order valence-electron chi connectivity index (χ3n) is 2.33. The maximum atomic E-state index is 6.00. The molecule has 8 heteroatoms. The lowest BCUT2D eigenvalue weighted by atomic mass is 10.4. The third-order valence-corrected chi connectivity index (χ3v) is 3.92. The van der Waals surface area contributed by atoms with Crippen LogP contribution in [-0.2, 0) is 0 Å². The second kappa shape index (κ2) is 6.47. The van der Waals surface area contributed by atoms with E-state index in [0.29, 0.717) is 27.1 Å². The number of hydrogen-bond acceptors (Lipinski definition) is 6. The molecule has 2 aromatic rings. The summed E-state index contributed by atoms with van der Waals surface area (Å²) in [6, 6.07) is 5.41. The van der Waals surface area contributed by atoms with Crippen molar-refractivity contribution in [3.8, 4) is 0 Å². The second-order valence-corrected chi connectivity index (χ2v) is 5.92. The summed E-state index contributed by atoms with van der Waals surface area (Å²) >= 11 is 13.3. The first-order valence-corrected chi connectivity index (χ1v) is 7.31. The maximum Gasteiger partial charge on any atom is 0.230 e. The van der Waals surface area contributed by atoms with Crippen LogP contribution in [0.15, 0.2) is 28.3 Å². The predicted molar refractivity (Wildman–Crippen MR) is 84.3 cm³/mol. The lowest BCUT2D eigenvalue weighted by molar-refractivity contribution is 0.870. The fraction of sp³-hybridized carbons (Fsp3) is 0.250. The number of aromatic nitrogens is 3. The summed E-state index contributed by atoms with van der Waals surface area (Å²) in [5.41, 5.74) is 0. The third kappa shape index (κ3) is 3.65. The van der Waals surface area contributed by atoms with Crippen LogP contribution in [-0.4, -0.2) is 36.1 Å². The van der Waals surface area contributed by atoms with Crippen LogP contribution in [0.4, 0.5) is 11.9 Å².